The number of ether oxygens (including phenoxy) is 4. The van der Waals surface area contributed by atoms with Gasteiger partial charge in [-0.2, -0.15) is 0 Å². The monoisotopic (exact) mass is 530 g/mol. The van der Waals surface area contributed by atoms with Crippen LogP contribution in [0.15, 0.2) is 84.9 Å². The molecule has 0 saturated heterocycles. The molecule has 0 bridgehead atoms. The molecular formula is C34H26O6. The lowest BCUT2D eigenvalue weighted by atomic mass is 9.83. The van der Waals surface area contributed by atoms with Gasteiger partial charge < -0.3 is 18.9 Å². The molecule has 0 aliphatic rings. The number of aryl methyl sites for hydroxylation is 2. The lowest BCUT2D eigenvalue weighted by Gasteiger charge is -2.22. The smallest absolute Gasteiger partial charge is 0.437 e. The largest absolute Gasteiger partial charge is 0.513 e. The first kappa shape index (κ1) is 25.2. The average molecular weight is 531 g/mol. The van der Waals surface area contributed by atoms with Crippen LogP contribution in [0.25, 0.3) is 54.2 Å². The van der Waals surface area contributed by atoms with Crippen molar-refractivity contribution in [2.45, 2.75) is 13.8 Å². The van der Waals surface area contributed by atoms with Crippen molar-refractivity contribution in [1.29, 1.82) is 0 Å². The summed E-state index contributed by atoms with van der Waals surface area (Å²) in [5.41, 5.74) is 4.05. The fraction of sp³-hybridized carbons (Fsp3) is 0.118. The van der Waals surface area contributed by atoms with Gasteiger partial charge in [0, 0.05) is 21.5 Å². The summed E-state index contributed by atoms with van der Waals surface area (Å²) >= 11 is 0. The molecule has 6 aromatic carbocycles. The molecule has 0 unspecified atom stereocenters. The standard InChI is InChI=1S/C34H26O6/c1-19-11-9-17-25-27(19)29(21-13-5-7-15-23(21)31(25)39-33(35)37-3)30-22-14-6-8-16-24(22)32(40-34(36)38-4)26-18-10-12-20(2)28(26)30/h5-18H,1-4H3. The number of methoxy groups -OCH3 is 2. The topological polar surface area (TPSA) is 71.1 Å². The highest BCUT2D eigenvalue weighted by atomic mass is 16.7. The molecule has 0 aromatic heterocycles. The molecule has 0 atom stereocenters. The molecule has 0 N–H and O–H groups in total. The summed E-state index contributed by atoms with van der Waals surface area (Å²) in [5, 5.41) is 6.88. The van der Waals surface area contributed by atoms with Gasteiger partial charge >= 0.3 is 12.3 Å². The van der Waals surface area contributed by atoms with Gasteiger partial charge in [0.05, 0.1) is 14.2 Å². The van der Waals surface area contributed by atoms with Crippen LogP contribution in [0.1, 0.15) is 11.1 Å². The summed E-state index contributed by atoms with van der Waals surface area (Å²) in [6.45, 7) is 4.10. The molecule has 6 rings (SSSR count). The highest BCUT2D eigenvalue weighted by molar-refractivity contribution is 6.27. The zero-order valence-corrected chi connectivity index (χ0v) is 22.5. The Morgan fingerprint density at radius 1 is 0.475 bits per heavy atom. The van der Waals surface area contributed by atoms with Crippen LogP contribution in [-0.2, 0) is 9.47 Å². The number of hydrogen-bond acceptors (Lipinski definition) is 6. The minimum atomic E-state index is -0.781. The third kappa shape index (κ3) is 3.88. The molecule has 0 fully saturated rings. The van der Waals surface area contributed by atoms with Gasteiger partial charge in [-0.05, 0) is 57.6 Å². The summed E-state index contributed by atoms with van der Waals surface area (Å²) < 4.78 is 21.3. The Balaban J connectivity index is 1.89. The molecule has 0 radical (unpaired) electrons. The normalized spacial score (nSPS) is 11.2. The summed E-state index contributed by atoms with van der Waals surface area (Å²) in [6.07, 6.45) is -1.56. The maximum absolute atomic E-state index is 12.4. The van der Waals surface area contributed by atoms with Crippen LogP contribution < -0.4 is 9.47 Å². The van der Waals surface area contributed by atoms with E-state index in [2.05, 4.69) is 26.0 Å². The van der Waals surface area contributed by atoms with Crippen molar-refractivity contribution < 1.29 is 28.5 Å². The fourth-order valence-corrected chi connectivity index (χ4v) is 5.72. The average Bonchev–Trinajstić information content (AvgIpc) is 2.98. The van der Waals surface area contributed by atoms with Crippen LogP contribution in [0.5, 0.6) is 11.5 Å². The molecule has 6 nitrogen and oxygen atoms in total. The first-order valence-electron chi connectivity index (χ1n) is 12.8. The van der Waals surface area contributed by atoms with E-state index in [1.54, 1.807) is 0 Å². The molecule has 40 heavy (non-hydrogen) atoms. The maximum Gasteiger partial charge on any atom is 0.513 e. The van der Waals surface area contributed by atoms with Crippen LogP contribution in [-0.4, -0.2) is 26.5 Å². The first-order chi connectivity index (χ1) is 19.4. The predicted octanol–water partition coefficient (Wildman–Crippen LogP) is 8.87. The Hall–Kier alpha value is -5.10. The second-order valence-corrected chi connectivity index (χ2v) is 9.61. The summed E-state index contributed by atoms with van der Waals surface area (Å²) in [7, 11) is 2.59. The van der Waals surface area contributed by atoms with Crippen molar-refractivity contribution >= 4 is 55.4 Å². The lowest BCUT2D eigenvalue weighted by Crippen LogP contribution is -2.09. The van der Waals surface area contributed by atoms with Crippen molar-refractivity contribution in [3.8, 4) is 22.6 Å². The minimum absolute atomic E-state index is 0.445. The molecule has 0 aliphatic carbocycles. The fourth-order valence-electron chi connectivity index (χ4n) is 5.72. The zero-order chi connectivity index (χ0) is 28.0. The van der Waals surface area contributed by atoms with Crippen molar-refractivity contribution in [2.75, 3.05) is 14.2 Å². The summed E-state index contributed by atoms with van der Waals surface area (Å²) in [6, 6.07) is 27.7. The Morgan fingerprint density at radius 3 is 1.20 bits per heavy atom. The first-order valence-corrected chi connectivity index (χ1v) is 12.8. The Bertz CT molecular complexity index is 1840. The van der Waals surface area contributed by atoms with Gasteiger partial charge in [0.15, 0.2) is 0 Å². The van der Waals surface area contributed by atoms with Crippen LogP contribution in [0.4, 0.5) is 9.59 Å². The summed E-state index contributed by atoms with van der Waals surface area (Å²) in [4.78, 5) is 24.7. The summed E-state index contributed by atoms with van der Waals surface area (Å²) in [5.74, 6) is 0.891. The number of fused-ring (bicyclic) bond motifs is 4. The predicted molar refractivity (Wildman–Crippen MR) is 157 cm³/mol. The second-order valence-electron chi connectivity index (χ2n) is 9.61. The van der Waals surface area contributed by atoms with Crippen molar-refractivity contribution in [3.63, 3.8) is 0 Å². The third-order valence-electron chi connectivity index (χ3n) is 7.37. The number of hydrogen-bond donors (Lipinski definition) is 0. The van der Waals surface area contributed by atoms with Gasteiger partial charge in [-0.3, -0.25) is 0 Å². The van der Waals surface area contributed by atoms with Gasteiger partial charge in [0.1, 0.15) is 11.5 Å². The number of carbonyl (C=O) groups is 2. The van der Waals surface area contributed by atoms with Crippen LogP contribution in [0, 0.1) is 13.8 Å². The third-order valence-corrected chi connectivity index (χ3v) is 7.37. The lowest BCUT2D eigenvalue weighted by molar-refractivity contribution is 0.121. The maximum atomic E-state index is 12.4. The second kappa shape index (κ2) is 9.89. The molecule has 0 spiro atoms. The SMILES string of the molecule is COC(=O)Oc1c2ccccc2c(-c2c3ccccc3c(OC(=O)OC)c3cccc(C)c23)c2c(C)cccc12. The minimum Gasteiger partial charge on any atom is -0.437 e. The number of rotatable bonds is 3. The van der Waals surface area contributed by atoms with E-state index in [0.717, 1.165) is 65.3 Å². The molecule has 6 aromatic rings. The quantitative estimate of drug-likeness (QED) is 0.129. The van der Waals surface area contributed by atoms with Crippen LogP contribution >= 0.6 is 0 Å². The van der Waals surface area contributed by atoms with E-state index in [0.29, 0.717) is 11.5 Å². The number of benzene rings is 6. The van der Waals surface area contributed by atoms with Gasteiger partial charge in [-0.25, -0.2) is 9.59 Å². The zero-order valence-electron chi connectivity index (χ0n) is 22.5. The van der Waals surface area contributed by atoms with E-state index < -0.39 is 12.3 Å². The van der Waals surface area contributed by atoms with Gasteiger partial charge in [0.2, 0.25) is 0 Å². The van der Waals surface area contributed by atoms with Crippen molar-refractivity contribution in [3.05, 3.63) is 96.1 Å². The van der Waals surface area contributed by atoms with E-state index in [9.17, 15) is 9.59 Å². The van der Waals surface area contributed by atoms with Gasteiger partial charge in [-0.15, -0.1) is 0 Å². The van der Waals surface area contributed by atoms with E-state index in [-0.39, 0.29) is 0 Å². The molecule has 6 heteroatoms. The van der Waals surface area contributed by atoms with E-state index >= 15 is 0 Å². The Morgan fingerprint density at radius 2 is 0.825 bits per heavy atom. The number of carbonyl (C=O) groups excluding carboxylic acids is 2. The highest BCUT2D eigenvalue weighted by Gasteiger charge is 2.25. The molecule has 0 saturated carbocycles. The van der Waals surface area contributed by atoms with Crippen molar-refractivity contribution in [1.82, 2.24) is 0 Å². The van der Waals surface area contributed by atoms with Gasteiger partial charge in [-0.1, -0.05) is 84.9 Å². The van der Waals surface area contributed by atoms with E-state index in [1.165, 1.54) is 14.2 Å². The Kier molecular flexibility index (Phi) is 6.23. The molecule has 0 amide bonds. The molecule has 0 aliphatic heterocycles. The van der Waals surface area contributed by atoms with E-state index in [1.807, 2.05) is 72.8 Å². The molecular weight excluding hydrogens is 504 g/mol. The molecule has 0 heterocycles. The van der Waals surface area contributed by atoms with Crippen LogP contribution in [0.2, 0.25) is 0 Å². The van der Waals surface area contributed by atoms with Gasteiger partial charge in [0.25, 0.3) is 0 Å². The van der Waals surface area contributed by atoms with Crippen LogP contribution in [0.3, 0.4) is 0 Å². The Labute approximate surface area is 230 Å². The highest BCUT2D eigenvalue weighted by Crippen LogP contribution is 2.51. The molecule has 198 valence electrons. The van der Waals surface area contributed by atoms with Crippen molar-refractivity contribution in [2.24, 2.45) is 0 Å². The van der Waals surface area contributed by atoms with E-state index in [4.69, 9.17) is 18.9 Å².